The standard InChI is InChI=1S/C19H25FN2O4/c1-13(23)12-21-18(24)19(6-8-25-9-7-19)11-16-10-17(22-26-16)14-2-4-15(20)5-3-14/h2-5,13,16,23H,6-12H2,1H3,(H,21,24). The molecule has 2 aliphatic heterocycles. The maximum absolute atomic E-state index is 13.1. The lowest BCUT2D eigenvalue weighted by molar-refractivity contribution is -0.140. The van der Waals surface area contributed by atoms with Crippen molar-refractivity contribution in [2.45, 2.75) is 44.8 Å². The number of aliphatic hydroxyl groups is 1. The lowest BCUT2D eigenvalue weighted by Gasteiger charge is -2.37. The molecule has 26 heavy (non-hydrogen) atoms. The molecular formula is C19H25FN2O4. The molecule has 1 aromatic rings. The zero-order chi connectivity index (χ0) is 18.6. The number of halogens is 1. The second-order valence-corrected chi connectivity index (χ2v) is 7.13. The van der Waals surface area contributed by atoms with E-state index in [-0.39, 0.29) is 24.4 Å². The molecule has 3 rings (SSSR count). The van der Waals surface area contributed by atoms with E-state index in [0.29, 0.717) is 38.9 Å². The highest BCUT2D eigenvalue weighted by Crippen LogP contribution is 2.38. The fourth-order valence-electron chi connectivity index (χ4n) is 3.50. The molecule has 0 aliphatic carbocycles. The average molecular weight is 364 g/mol. The van der Waals surface area contributed by atoms with Crippen molar-refractivity contribution in [3.05, 3.63) is 35.6 Å². The molecule has 1 aromatic carbocycles. The van der Waals surface area contributed by atoms with Crippen LogP contribution in [0.4, 0.5) is 4.39 Å². The third-order valence-corrected chi connectivity index (χ3v) is 5.02. The minimum absolute atomic E-state index is 0.0690. The molecule has 142 valence electrons. The van der Waals surface area contributed by atoms with Crippen molar-refractivity contribution in [2.75, 3.05) is 19.8 Å². The summed E-state index contributed by atoms with van der Waals surface area (Å²) in [6.45, 7) is 2.92. The van der Waals surface area contributed by atoms with Crippen molar-refractivity contribution in [1.29, 1.82) is 0 Å². The van der Waals surface area contributed by atoms with Crippen molar-refractivity contribution in [3.8, 4) is 0 Å². The molecule has 0 radical (unpaired) electrons. The van der Waals surface area contributed by atoms with Crippen molar-refractivity contribution in [1.82, 2.24) is 5.32 Å². The van der Waals surface area contributed by atoms with E-state index < -0.39 is 11.5 Å². The normalized spacial score (nSPS) is 23.0. The van der Waals surface area contributed by atoms with Crippen molar-refractivity contribution < 1.29 is 23.9 Å². The lowest BCUT2D eigenvalue weighted by Crippen LogP contribution is -2.48. The maximum Gasteiger partial charge on any atom is 0.226 e. The molecule has 7 heteroatoms. The van der Waals surface area contributed by atoms with Gasteiger partial charge in [0, 0.05) is 32.6 Å². The first-order chi connectivity index (χ1) is 12.5. The summed E-state index contributed by atoms with van der Waals surface area (Å²) in [4.78, 5) is 18.4. The third kappa shape index (κ3) is 4.40. The summed E-state index contributed by atoms with van der Waals surface area (Å²) in [5, 5.41) is 16.4. The van der Waals surface area contributed by atoms with Crippen LogP contribution in [0.1, 0.15) is 38.2 Å². The highest BCUT2D eigenvalue weighted by Gasteiger charge is 2.43. The predicted octanol–water partition coefficient (Wildman–Crippen LogP) is 2.00. The van der Waals surface area contributed by atoms with Gasteiger partial charge in [-0.05, 0) is 37.5 Å². The van der Waals surface area contributed by atoms with Crippen LogP contribution in [-0.4, -0.2) is 48.7 Å². The summed E-state index contributed by atoms with van der Waals surface area (Å²) in [7, 11) is 0. The summed E-state index contributed by atoms with van der Waals surface area (Å²) < 4.78 is 18.5. The highest BCUT2D eigenvalue weighted by molar-refractivity contribution is 6.01. The zero-order valence-electron chi connectivity index (χ0n) is 14.9. The molecule has 2 N–H and O–H groups in total. The molecule has 2 unspecified atom stereocenters. The first-order valence-electron chi connectivity index (χ1n) is 9.01. The van der Waals surface area contributed by atoms with E-state index >= 15 is 0 Å². The number of carbonyl (C=O) groups excluding carboxylic acids is 1. The van der Waals surface area contributed by atoms with Crippen LogP contribution in [0, 0.1) is 11.2 Å². The van der Waals surface area contributed by atoms with Gasteiger partial charge in [0.1, 0.15) is 11.9 Å². The number of ether oxygens (including phenoxy) is 1. The monoisotopic (exact) mass is 364 g/mol. The van der Waals surface area contributed by atoms with Crippen LogP contribution in [0.25, 0.3) is 0 Å². The van der Waals surface area contributed by atoms with E-state index in [0.717, 1.165) is 11.3 Å². The number of carbonyl (C=O) groups is 1. The predicted molar refractivity (Wildman–Crippen MR) is 94.2 cm³/mol. The van der Waals surface area contributed by atoms with E-state index in [1.54, 1.807) is 19.1 Å². The molecule has 1 fully saturated rings. The molecule has 6 nitrogen and oxygen atoms in total. The lowest BCUT2D eigenvalue weighted by atomic mass is 9.74. The first-order valence-corrected chi connectivity index (χ1v) is 9.01. The summed E-state index contributed by atoms with van der Waals surface area (Å²) in [5.41, 5.74) is 1.01. The minimum atomic E-state index is -0.591. The molecule has 2 atom stereocenters. The summed E-state index contributed by atoms with van der Waals surface area (Å²) in [5.74, 6) is -0.360. The number of benzene rings is 1. The fourth-order valence-corrected chi connectivity index (χ4v) is 3.50. The Morgan fingerprint density at radius 3 is 2.73 bits per heavy atom. The Hall–Kier alpha value is -1.99. The molecular weight excluding hydrogens is 339 g/mol. The molecule has 2 aliphatic rings. The minimum Gasteiger partial charge on any atom is -0.392 e. The Morgan fingerprint density at radius 2 is 2.08 bits per heavy atom. The van der Waals surface area contributed by atoms with Crippen LogP contribution in [0.3, 0.4) is 0 Å². The highest BCUT2D eigenvalue weighted by atomic mass is 19.1. The molecule has 2 heterocycles. The van der Waals surface area contributed by atoms with Gasteiger partial charge in [-0.2, -0.15) is 0 Å². The van der Waals surface area contributed by atoms with E-state index in [1.807, 2.05) is 0 Å². The fraction of sp³-hybridized carbons (Fsp3) is 0.579. The van der Waals surface area contributed by atoms with Gasteiger partial charge in [0.05, 0.1) is 17.2 Å². The van der Waals surface area contributed by atoms with Crippen molar-refractivity contribution in [3.63, 3.8) is 0 Å². The Kier molecular flexibility index (Phi) is 5.88. The van der Waals surface area contributed by atoms with E-state index in [9.17, 15) is 14.3 Å². The number of nitrogens with zero attached hydrogens (tertiary/aromatic N) is 1. The number of hydrogen-bond donors (Lipinski definition) is 2. The van der Waals surface area contributed by atoms with Crippen molar-refractivity contribution >= 4 is 11.6 Å². The van der Waals surface area contributed by atoms with Gasteiger partial charge < -0.3 is 20.0 Å². The summed E-state index contributed by atoms with van der Waals surface area (Å²) in [6.07, 6.45) is 1.56. The molecule has 0 saturated carbocycles. The number of aliphatic hydroxyl groups excluding tert-OH is 1. The number of oxime groups is 1. The molecule has 0 aromatic heterocycles. The third-order valence-electron chi connectivity index (χ3n) is 5.02. The topological polar surface area (TPSA) is 80.2 Å². The van der Waals surface area contributed by atoms with Crippen LogP contribution in [-0.2, 0) is 14.4 Å². The second-order valence-electron chi connectivity index (χ2n) is 7.13. The van der Waals surface area contributed by atoms with Gasteiger partial charge >= 0.3 is 0 Å². The number of hydrogen-bond acceptors (Lipinski definition) is 5. The van der Waals surface area contributed by atoms with E-state index in [2.05, 4.69) is 10.5 Å². The summed E-state index contributed by atoms with van der Waals surface area (Å²) >= 11 is 0. The van der Waals surface area contributed by atoms with Crippen molar-refractivity contribution in [2.24, 2.45) is 10.6 Å². The second kappa shape index (κ2) is 8.14. The van der Waals surface area contributed by atoms with Crippen LogP contribution >= 0.6 is 0 Å². The SMILES string of the molecule is CC(O)CNC(=O)C1(CC2CC(c3ccc(F)cc3)=NO2)CCOCC1. The van der Waals surface area contributed by atoms with Gasteiger partial charge in [-0.1, -0.05) is 17.3 Å². The number of nitrogens with one attached hydrogen (secondary N) is 1. The Balaban J connectivity index is 1.65. The van der Waals surface area contributed by atoms with Gasteiger partial charge in [-0.25, -0.2) is 4.39 Å². The Bertz CT molecular complexity index is 654. The van der Waals surface area contributed by atoms with Gasteiger partial charge in [-0.3, -0.25) is 4.79 Å². The van der Waals surface area contributed by atoms with Crippen LogP contribution < -0.4 is 5.32 Å². The molecule has 1 saturated heterocycles. The van der Waals surface area contributed by atoms with Crippen LogP contribution in [0.5, 0.6) is 0 Å². The smallest absolute Gasteiger partial charge is 0.226 e. The van der Waals surface area contributed by atoms with Gasteiger partial charge in [0.15, 0.2) is 0 Å². The molecule has 0 bridgehead atoms. The molecule has 1 amide bonds. The maximum atomic E-state index is 13.1. The first kappa shape index (κ1) is 18.8. The van der Waals surface area contributed by atoms with Gasteiger partial charge in [-0.15, -0.1) is 0 Å². The van der Waals surface area contributed by atoms with Crippen LogP contribution in [0.15, 0.2) is 29.4 Å². The van der Waals surface area contributed by atoms with E-state index in [1.165, 1.54) is 12.1 Å². The largest absolute Gasteiger partial charge is 0.392 e. The Morgan fingerprint density at radius 1 is 1.38 bits per heavy atom. The van der Waals surface area contributed by atoms with E-state index in [4.69, 9.17) is 9.57 Å². The van der Waals surface area contributed by atoms with Crippen LogP contribution in [0.2, 0.25) is 0 Å². The zero-order valence-corrected chi connectivity index (χ0v) is 14.9. The average Bonchev–Trinajstić information content (AvgIpc) is 3.09. The summed E-state index contributed by atoms with van der Waals surface area (Å²) in [6, 6.07) is 6.15. The Labute approximate surface area is 152 Å². The quantitative estimate of drug-likeness (QED) is 0.809. The molecule has 0 spiro atoms. The number of rotatable bonds is 6. The number of amides is 1. The van der Waals surface area contributed by atoms with Gasteiger partial charge in [0.2, 0.25) is 5.91 Å². The van der Waals surface area contributed by atoms with Gasteiger partial charge in [0.25, 0.3) is 0 Å².